The van der Waals surface area contributed by atoms with E-state index < -0.39 is 11.0 Å². The molecule has 2 atom stereocenters. The van der Waals surface area contributed by atoms with Crippen molar-refractivity contribution in [2.45, 2.75) is 25.5 Å². The van der Waals surface area contributed by atoms with Gasteiger partial charge in [-0.25, -0.2) is 0 Å². The van der Waals surface area contributed by atoms with Crippen LogP contribution in [0.5, 0.6) is 5.75 Å². The fraction of sp³-hybridized carbons (Fsp3) is 0.333. The molecule has 0 radical (unpaired) electrons. The average Bonchev–Trinajstić information content (AvgIpc) is 2.61. The van der Waals surface area contributed by atoms with E-state index in [-0.39, 0.29) is 18.3 Å². The Bertz CT molecular complexity index is 711. The molecule has 6 nitrogen and oxygen atoms in total. The minimum absolute atomic E-state index is 0.0418. The summed E-state index contributed by atoms with van der Waals surface area (Å²) in [6, 6.07) is 13.6. The van der Waals surface area contributed by atoms with Gasteiger partial charge in [-0.2, -0.15) is 0 Å². The molecule has 2 aromatic carbocycles. The normalized spacial score (nSPS) is 13.2. The lowest BCUT2D eigenvalue weighted by molar-refractivity contribution is -0.384. The molecule has 0 fully saturated rings. The highest BCUT2D eigenvalue weighted by Crippen LogP contribution is 2.21. The second kappa shape index (κ2) is 9.36. The molecule has 0 bridgehead atoms. The highest BCUT2D eigenvalue weighted by atomic mass is 35.5. The molecule has 0 aliphatic rings. The van der Waals surface area contributed by atoms with E-state index in [1.165, 1.54) is 12.1 Å². The Labute approximate surface area is 151 Å². The molecule has 25 heavy (non-hydrogen) atoms. The van der Waals surface area contributed by atoms with Crippen molar-refractivity contribution in [2.24, 2.45) is 0 Å². The number of nitro benzene ring substituents is 1. The maximum absolute atomic E-state index is 10.7. The van der Waals surface area contributed by atoms with Gasteiger partial charge in [0.1, 0.15) is 18.5 Å². The summed E-state index contributed by atoms with van der Waals surface area (Å²) in [7, 11) is 0. The Balaban J connectivity index is 1.84. The SMILES string of the molecule is CCC(NCC(O)COc1cccc([N+](=O)[O-])c1)c1cccc(Cl)c1. The molecular weight excluding hydrogens is 344 g/mol. The second-order valence-corrected chi connectivity index (χ2v) is 6.08. The Kier molecular flexibility index (Phi) is 7.18. The largest absolute Gasteiger partial charge is 0.491 e. The quantitative estimate of drug-likeness (QED) is 0.523. The van der Waals surface area contributed by atoms with Gasteiger partial charge in [-0.15, -0.1) is 0 Å². The number of nitrogens with one attached hydrogen (secondary N) is 1. The summed E-state index contributed by atoms with van der Waals surface area (Å²) < 4.78 is 5.43. The number of hydrogen-bond donors (Lipinski definition) is 2. The fourth-order valence-electron chi connectivity index (χ4n) is 2.44. The van der Waals surface area contributed by atoms with Gasteiger partial charge in [-0.05, 0) is 30.2 Å². The Hall–Kier alpha value is -2.15. The number of aliphatic hydroxyl groups excluding tert-OH is 1. The highest BCUT2D eigenvalue weighted by molar-refractivity contribution is 6.30. The Morgan fingerprint density at radius 2 is 2.04 bits per heavy atom. The monoisotopic (exact) mass is 364 g/mol. The van der Waals surface area contributed by atoms with Gasteiger partial charge in [0, 0.05) is 23.7 Å². The van der Waals surface area contributed by atoms with Crippen molar-refractivity contribution in [3.8, 4) is 5.75 Å². The maximum atomic E-state index is 10.7. The number of non-ortho nitro benzene ring substituents is 1. The molecule has 0 aromatic heterocycles. The van der Waals surface area contributed by atoms with Crippen LogP contribution in [-0.4, -0.2) is 29.3 Å². The molecule has 0 saturated heterocycles. The maximum Gasteiger partial charge on any atom is 0.273 e. The average molecular weight is 365 g/mol. The summed E-state index contributed by atoms with van der Waals surface area (Å²) in [6.45, 7) is 2.42. The first kappa shape index (κ1) is 19.2. The molecule has 0 spiro atoms. The molecule has 2 aromatic rings. The van der Waals surface area contributed by atoms with E-state index in [0.717, 1.165) is 12.0 Å². The van der Waals surface area contributed by atoms with Gasteiger partial charge in [0.25, 0.3) is 5.69 Å². The number of halogens is 1. The van der Waals surface area contributed by atoms with Gasteiger partial charge in [0.2, 0.25) is 0 Å². The lowest BCUT2D eigenvalue weighted by Gasteiger charge is -2.20. The fourth-order valence-corrected chi connectivity index (χ4v) is 2.64. The molecule has 7 heteroatoms. The van der Waals surface area contributed by atoms with Crippen molar-refractivity contribution in [3.05, 3.63) is 69.2 Å². The van der Waals surface area contributed by atoms with Crippen LogP contribution in [0.1, 0.15) is 24.9 Å². The first-order valence-corrected chi connectivity index (χ1v) is 8.41. The highest BCUT2D eigenvalue weighted by Gasteiger charge is 2.13. The molecule has 2 unspecified atom stereocenters. The minimum atomic E-state index is -0.743. The summed E-state index contributed by atoms with van der Waals surface area (Å²) in [5.74, 6) is 0.357. The van der Waals surface area contributed by atoms with Crippen LogP contribution in [0.4, 0.5) is 5.69 Å². The van der Waals surface area contributed by atoms with E-state index in [4.69, 9.17) is 16.3 Å². The van der Waals surface area contributed by atoms with Crippen LogP contribution < -0.4 is 10.1 Å². The van der Waals surface area contributed by atoms with Crippen LogP contribution in [0.15, 0.2) is 48.5 Å². The standard InChI is InChI=1S/C18H21ClN2O4/c1-2-18(13-5-3-6-14(19)9-13)20-11-16(22)12-25-17-8-4-7-15(10-17)21(23)24/h3-10,16,18,20,22H,2,11-12H2,1H3. The van der Waals surface area contributed by atoms with Gasteiger partial charge >= 0.3 is 0 Å². The third-order valence-corrected chi connectivity index (χ3v) is 3.97. The topological polar surface area (TPSA) is 84.6 Å². The Morgan fingerprint density at radius 1 is 1.28 bits per heavy atom. The number of aliphatic hydroxyl groups is 1. The number of nitrogens with zero attached hydrogens (tertiary/aromatic N) is 1. The van der Waals surface area contributed by atoms with Crippen LogP contribution in [0, 0.1) is 10.1 Å². The second-order valence-electron chi connectivity index (χ2n) is 5.64. The first-order chi connectivity index (χ1) is 12.0. The van der Waals surface area contributed by atoms with E-state index in [2.05, 4.69) is 5.32 Å². The summed E-state index contributed by atoms with van der Waals surface area (Å²) in [5.41, 5.74) is 1.01. The van der Waals surface area contributed by atoms with Crippen molar-refractivity contribution in [2.75, 3.05) is 13.2 Å². The third kappa shape index (κ3) is 6.01. The smallest absolute Gasteiger partial charge is 0.273 e. The van der Waals surface area contributed by atoms with Crippen LogP contribution in [0.25, 0.3) is 0 Å². The van der Waals surface area contributed by atoms with Gasteiger partial charge in [0.15, 0.2) is 0 Å². The van der Waals surface area contributed by atoms with Crippen LogP contribution in [0.2, 0.25) is 5.02 Å². The molecule has 0 aliphatic heterocycles. The van der Waals surface area contributed by atoms with E-state index in [9.17, 15) is 15.2 Å². The van der Waals surface area contributed by atoms with Crippen molar-refractivity contribution in [1.29, 1.82) is 0 Å². The van der Waals surface area contributed by atoms with Crippen LogP contribution >= 0.6 is 11.6 Å². The van der Waals surface area contributed by atoms with E-state index in [1.807, 2.05) is 31.2 Å². The minimum Gasteiger partial charge on any atom is -0.491 e. The zero-order valence-electron chi connectivity index (χ0n) is 13.9. The lowest BCUT2D eigenvalue weighted by Crippen LogP contribution is -2.33. The van der Waals surface area contributed by atoms with Crippen LogP contribution in [-0.2, 0) is 0 Å². The molecule has 2 rings (SSSR count). The van der Waals surface area contributed by atoms with Crippen LogP contribution in [0.3, 0.4) is 0 Å². The van der Waals surface area contributed by atoms with Crippen molar-refractivity contribution in [1.82, 2.24) is 5.32 Å². The number of hydrogen-bond acceptors (Lipinski definition) is 5. The summed E-state index contributed by atoms with van der Waals surface area (Å²) in [6.07, 6.45) is 0.103. The molecule has 0 aliphatic carbocycles. The molecule has 0 saturated carbocycles. The van der Waals surface area contributed by atoms with E-state index in [0.29, 0.717) is 17.3 Å². The number of nitro groups is 1. The van der Waals surface area contributed by atoms with Gasteiger partial charge < -0.3 is 15.2 Å². The zero-order valence-corrected chi connectivity index (χ0v) is 14.6. The number of rotatable bonds is 9. The van der Waals surface area contributed by atoms with E-state index in [1.54, 1.807) is 12.1 Å². The summed E-state index contributed by atoms with van der Waals surface area (Å²) in [5, 5.41) is 24.8. The summed E-state index contributed by atoms with van der Waals surface area (Å²) >= 11 is 6.02. The third-order valence-electron chi connectivity index (χ3n) is 3.73. The van der Waals surface area contributed by atoms with Crippen molar-refractivity contribution >= 4 is 17.3 Å². The van der Waals surface area contributed by atoms with Crippen molar-refractivity contribution in [3.63, 3.8) is 0 Å². The predicted octanol–water partition coefficient (Wildman–Crippen LogP) is 3.73. The molecule has 2 N–H and O–H groups in total. The van der Waals surface area contributed by atoms with E-state index >= 15 is 0 Å². The Morgan fingerprint density at radius 3 is 2.72 bits per heavy atom. The predicted molar refractivity (Wildman–Crippen MR) is 97.1 cm³/mol. The van der Waals surface area contributed by atoms with Gasteiger partial charge in [0.05, 0.1) is 11.0 Å². The molecular formula is C18H21ClN2O4. The number of benzene rings is 2. The molecule has 134 valence electrons. The lowest BCUT2D eigenvalue weighted by atomic mass is 10.0. The number of ether oxygens (including phenoxy) is 1. The van der Waals surface area contributed by atoms with Crippen molar-refractivity contribution < 1.29 is 14.8 Å². The molecule has 0 amide bonds. The first-order valence-electron chi connectivity index (χ1n) is 8.03. The molecule has 0 heterocycles. The summed E-state index contributed by atoms with van der Waals surface area (Å²) in [4.78, 5) is 10.3. The van der Waals surface area contributed by atoms with Gasteiger partial charge in [-0.3, -0.25) is 10.1 Å². The zero-order chi connectivity index (χ0) is 18.2. The van der Waals surface area contributed by atoms with Gasteiger partial charge in [-0.1, -0.05) is 36.7 Å².